The van der Waals surface area contributed by atoms with Crippen molar-refractivity contribution in [2.24, 2.45) is 0 Å². The Morgan fingerprint density at radius 2 is 1.16 bits per heavy atom. The number of quaternary nitrogens is 1. The molecule has 43 heavy (non-hydrogen) atoms. The molecule has 0 aromatic rings. The Bertz CT molecular complexity index is 732. The van der Waals surface area contributed by atoms with Gasteiger partial charge in [-0.25, -0.2) is 4.79 Å². The van der Waals surface area contributed by atoms with E-state index in [0.717, 1.165) is 64.2 Å². The molecule has 0 aromatic carbocycles. The fourth-order valence-corrected chi connectivity index (χ4v) is 4.91. The number of nitrogens with zero attached hydrogens (tertiary/aromatic N) is 1. The number of ether oxygens (including phenoxy) is 3. The highest BCUT2D eigenvalue weighted by atomic mass is 16.6. The van der Waals surface area contributed by atoms with Gasteiger partial charge in [-0.2, -0.15) is 0 Å². The summed E-state index contributed by atoms with van der Waals surface area (Å²) in [7, 11) is 5.50. The Morgan fingerprint density at radius 3 is 1.67 bits per heavy atom. The third-order valence-corrected chi connectivity index (χ3v) is 7.66. The van der Waals surface area contributed by atoms with Crippen molar-refractivity contribution >= 4 is 17.9 Å². The van der Waals surface area contributed by atoms with Gasteiger partial charge in [0.15, 0.2) is 12.1 Å². The Hall–Kier alpha value is -1.93. The Balaban J connectivity index is 4.39. The minimum absolute atomic E-state index is 0.0521. The van der Waals surface area contributed by atoms with Gasteiger partial charge >= 0.3 is 17.9 Å². The summed E-state index contributed by atoms with van der Waals surface area (Å²) in [5, 5.41) is 9.52. The highest BCUT2D eigenvalue weighted by Crippen LogP contribution is 2.12. The van der Waals surface area contributed by atoms with E-state index in [9.17, 15) is 19.5 Å². The van der Waals surface area contributed by atoms with Crippen molar-refractivity contribution in [1.82, 2.24) is 0 Å². The number of hydrogen-bond acceptors (Lipinski definition) is 6. The normalized spacial score (nSPS) is 13.2. The largest absolute Gasteiger partial charge is 0.477 e. The summed E-state index contributed by atoms with van der Waals surface area (Å²) in [5.74, 6) is -1.49. The molecule has 0 aliphatic rings. The summed E-state index contributed by atoms with van der Waals surface area (Å²) in [6.07, 6.45) is 24.2. The van der Waals surface area contributed by atoms with Crippen molar-refractivity contribution in [3.63, 3.8) is 0 Å². The summed E-state index contributed by atoms with van der Waals surface area (Å²) in [6.45, 7) is 4.61. The van der Waals surface area contributed by atoms with Crippen molar-refractivity contribution in [3.05, 3.63) is 12.2 Å². The standard InChI is InChI=1S/C35H65NO7/c1-6-8-10-12-13-14-15-16-17-18-19-20-22-24-26-34(38)43-31(30-42-33(37)25-23-21-11-9-7-2)29-41-28-27-32(35(39)40)36(3,4)5/h15-16,31-32H,6-14,17-30H2,1-5H3/p+1/b16-15-. The molecule has 2 unspecified atom stereocenters. The van der Waals surface area contributed by atoms with Crippen LogP contribution in [-0.2, 0) is 28.6 Å². The van der Waals surface area contributed by atoms with Gasteiger partial charge in [0.05, 0.1) is 34.4 Å². The number of carboxylic acids is 1. The van der Waals surface area contributed by atoms with E-state index in [1.54, 1.807) is 0 Å². The van der Waals surface area contributed by atoms with Crippen molar-refractivity contribution in [2.45, 2.75) is 154 Å². The molecule has 0 amide bonds. The highest BCUT2D eigenvalue weighted by molar-refractivity contribution is 5.72. The number of likely N-dealkylation sites (N-methyl/N-ethyl adjacent to an activating group) is 1. The van der Waals surface area contributed by atoms with Gasteiger partial charge in [0.1, 0.15) is 6.61 Å². The predicted octanol–water partition coefficient (Wildman–Crippen LogP) is 8.02. The molecule has 0 aliphatic heterocycles. The summed E-state index contributed by atoms with van der Waals surface area (Å²) >= 11 is 0. The van der Waals surface area contributed by atoms with Crippen LogP contribution in [-0.4, -0.2) is 80.6 Å². The molecular formula is C35H66NO7+. The van der Waals surface area contributed by atoms with E-state index in [-0.39, 0.29) is 36.2 Å². The van der Waals surface area contributed by atoms with Gasteiger partial charge in [0, 0.05) is 19.3 Å². The number of esters is 2. The predicted molar refractivity (Wildman–Crippen MR) is 174 cm³/mol. The second-order valence-corrected chi connectivity index (χ2v) is 12.8. The van der Waals surface area contributed by atoms with Gasteiger partial charge < -0.3 is 23.8 Å². The first-order valence-corrected chi connectivity index (χ1v) is 17.2. The fraction of sp³-hybridized carbons (Fsp3) is 0.857. The zero-order valence-corrected chi connectivity index (χ0v) is 28.4. The van der Waals surface area contributed by atoms with Gasteiger partial charge in [-0.3, -0.25) is 9.59 Å². The minimum atomic E-state index is -0.878. The smallest absolute Gasteiger partial charge is 0.362 e. The quantitative estimate of drug-likeness (QED) is 0.0380. The highest BCUT2D eigenvalue weighted by Gasteiger charge is 2.31. The maximum atomic E-state index is 12.5. The van der Waals surface area contributed by atoms with Crippen LogP contribution in [0.15, 0.2) is 12.2 Å². The Kier molecular flexibility index (Phi) is 26.4. The van der Waals surface area contributed by atoms with Gasteiger partial charge in [-0.1, -0.05) is 96.6 Å². The van der Waals surface area contributed by atoms with Crippen LogP contribution < -0.4 is 0 Å². The molecule has 0 aromatic heterocycles. The Morgan fingerprint density at radius 1 is 0.674 bits per heavy atom. The molecule has 0 aliphatic carbocycles. The number of carboxylic acid groups (broad SMARTS) is 1. The van der Waals surface area contributed by atoms with Gasteiger partial charge in [0.2, 0.25) is 0 Å². The summed E-state index contributed by atoms with van der Waals surface area (Å²) in [6, 6.07) is -0.608. The maximum absolute atomic E-state index is 12.5. The summed E-state index contributed by atoms with van der Waals surface area (Å²) in [5.41, 5.74) is 0. The van der Waals surface area contributed by atoms with E-state index in [4.69, 9.17) is 14.2 Å². The second kappa shape index (κ2) is 27.6. The van der Waals surface area contributed by atoms with Gasteiger partial charge in [-0.05, 0) is 38.5 Å². The number of unbranched alkanes of at least 4 members (excludes halogenated alkanes) is 14. The molecule has 1 N–H and O–H groups in total. The number of rotatable bonds is 30. The van der Waals surface area contributed by atoms with Gasteiger partial charge in [-0.15, -0.1) is 0 Å². The molecule has 0 heterocycles. The summed E-state index contributed by atoms with van der Waals surface area (Å²) in [4.78, 5) is 36.4. The minimum Gasteiger partial charge on any atom is -0.477 e. The third-order valence-electron chi connectivity index (χ3n) is 7.66. The SMILES string of the molecule is CCCCCCC/C=C\CCCCCCCC(=O)OC(COCCC(C(=O)O)[N+](C)(C)C)COC(=O)CCCCCCC. The molecule has 252 valence electrons. The lowest BCUT2D eigenvalue weighted by atomic mass is 10.1. The molecule has 0 saturated carbocycles. The van der Waals surface area contributed by atoms with E-state index in [1.165, 1.54) is 44.9 Å². The van der Waals surface area contributed by atoms with Crippen LogP contribution in [0.5, 0.6) is 0 Å². The molecule has 0 spiro atoms. The lowest BCUT2D eigenvalue weighted by Crippen LogP contribution is -2.50. The third kappa shape index (κ3) is 26.2. The molecular weight excluding hydrogens is 546 g/mol. The average molecular weight is 613 g/mol. The zero-order chi connectivity index (χ0) is 32.2. The van der Waals surface area contributed by atoms with Crippen LogP contribution in [0.3, 0.4) is 0 Å². The van der Waals surface area contributed by atoms with Crippen LogP contribution in [0.2, 0.25) is 0 Å². The van der Waals surface area contributed by atoms with Crippen molar-refractivity contribution in [3.8, 4) is 0 Å². The molecule has 0 rings (SSSR count). The second-order valence-electron chi connectivity index (χ2n) is 12.8. The first kappa shape index (κ1) is 41.1. The monoisotopic (exact) mass is 612 g/mol. The van der Waals surface area contributed by atoms with E-state index in [2.05, 4.69) is 26.0 Å². The van der Waals surface area contributed by atoms with Crippen LogP contribution >= 0.6 is 0 Å². The first-order valence-electron chi connectivity index (χ1n) is 17.2. The summed E-state index contributed by atoms with van der Waals surface area (Å²) < 4.78 is 17.0. The molecule has 0 fully saturated rings. The molecule has 8 nitrogen and oxygen atoms in total. The van der Waals surface area contributed by atoms with Crippen LogP contribution in [0, 0.1) is 0 Å². The zero-order valence-electron chi connectivity index (χ0n) is 28.4. The van der Waals surface area contributed by atoms with E-state index in [1.807, 2.05) is 21.1 Å². The van der Waals surface area contributed by atoms with E-state index < -0.39 is 18.1 Å². The van der Waals surface area contributed by atoms with Crippen LogP contribution in [0.1, 0.15) is 142 Å². The van der Waals surface area contributed by atoms with Crippen molar-refractivity contribution in [1.29, 1.82) is 0 Å². The van der Waals surface area contributed by atoms with E-state index in [0.29, 0.717) is 19.3 Å². The lowest BCUT2D eigenvalue weighted by molar-refractivity contribution is -0.887. The van der Waals surface area contributed by atoms with Crippen LogP contribution in [0.25, 0.3) is 0 Å². The molecule has 8 heteroatoms. The molecule has 0 saturated heterocycles. The Labute approximate surface area is 263 Å². The average Bonchev–Trinajstić information content (AvgIpc) is 2.94. The van der Waals surface area contributed by atoms with Crippen LogP contribution in [0.4, 0.5) is 0 Å². The first-order chi connectivity index (χ1) is 20.6. The number of carbonyl (C=O) groups is 3. The van der Waals surface area contributed by atoms with Crippen molar-refractivity contribution in [2.75, 3.05) is 41.0 Å². The molecule has 2 atom stereocenters. The van der Waals surface area contributed by atoms with E-state index >= 15 is 0 Å². The van der Waals surface area contributed by atoms with Gasteiger partial charge in [0.25, 0.3) is 0 Å². The number of allylic oxidation sites excluding steroid dienone is 2. The van der Waals surface area contributed by atoms with Crippen molar-refractivity contribution < 1.29 is 38.2 Å². The molecule has 0 radical (unpaired) electrons. The number of aliphatic carboxylic acids is 1. The number of carbonyl (C=O) groups excluding carboxylic acids is 2. The maximum Gasteiger partial charge on any atom is 0.362 e. The topological polar surface area (TPSA) is 99.1 Å². The molecule has 0 bridgehead atoms. The number of hydrogen-bond donors (Lipinski definition) is 1. The fourth-order valence-electron chi connectivity index (χ4n) is 4.91. The lowest BCUT2D eigenvalue weighted by Gasteiger charge is -2.31.